The van der Waals surface area contributed by atoms with Crippen LogP contribution in [0.4, 0.5) is 5.00 Å². The van der Waals surface area contributed by atoms with Gasteiger partial charge in [0.05, 0.1) is 17.2 Å². The fourth-order valence-corrected chi connectivity index (χ4v) is 2.46. The van der Waals surface area contributed by atoms with Crippen molar-refractivity contribution in [3.8, 4) is 0 Å². The standard InChI is InChI=1S/C13H20N2O3S/c1-5-18-13(17)11-8-12(19-9-11)15(10(2)16)7-6-14(3)4/h8-9H,5-7H2,1-4H3. The Morgan fingerprint density at radius 3 is 2.53 bits per heavy atom. The van der Waals surface area contributed by atoms with Crippen molar-refractivity contribution in [3.63, 3.8) is 0 Å². The zero-order valence-electron chi connectivity index (χ0n) is 11.8. The van der Waals surface area contributed by atoms with Crippen LogP contribution in [0.25, 0.3) is 0 Å². The van der Waals surface area contributed by atoms with Gasteiger partial charge in [-0.25, -0.2) is 4.79 Å². The summed E-state index contributed by atoms with van der Waals surface area (Å²) in [4.78, 5) is 26.9. The van der Waals surface area contributed by atoms with Crippen molar-refractivity contribution in [3.05, 3.63) is 17.0 Å². The second-order valence-electron chi connectivity index (χ2n) is 4.37. The minimum atomic E-state index is -0.346. The molecule has 0 atom stereocenters. The molecule has 0 aromatic carbocycles. The molecule has 0 fully saturated rings. The molecule has 1 amide bonds. The van der Waals surface area contributed by atoms with Gasteiger partial charge in [-0.2, -0.15) is 0 Å². The van der Waals surface area contributed by atoms with E-state index >= 15 is 0 Å². The van der Waals surface area contributed by atoms with Crippen molar-refractivity contribution in [1.82, 2.24) is 4.90 Å². The molecular formula is C13H20N2O3S. The summed E-state index contributed by atoms with van der Waals surface area (Å²) >= 11 is 1.38. The number of likely N-dealkylation sites (N-methyl/N-ethyl adjacent to an activating group) is 1. The maximum Gasteiger partial charge on any atom is 0.339 e. The zero-order valence-corrected chi connectivity index (χ0v) is 12.6. The van der Waals surface area contributed by atoms with Crippen LogP contribution in [0.1, 0.15) is 24.2 Å². The molecule has 0 unspecified atom stereocenters. The fraction of sp³-hybridized carbons (Fsp3) is 0.538. The van der Waals surface area contributed by atoms with E-state index in [1.807, 2.05) is 19.0 Å². The lowest BCUT2D eigenvalue weighted by Crippen LogP contribution is -2.34. The highest BCUT2D eigenvalue weighted by Crippen LogP contribution is 2.25. The minimum Gasteiger partial charge on any atom is -0.462 e. The molecule has 0 saturated carbocycles. The number of carbonyl (C=O) groups excluding carboxylic acids is 2. The van der Waals surface area contributed by atoms with E-state index in [4.69, 9.17) is 4.74 Å². The zero-order chi connectivity index (χ0) is 14.4. The van der Waals surface area contributed by atoms with Gasteiger partial charge in [0.25, 0.3) is 0 Å². The van der Waals surface area contributed by atoms with Gasteiger partial charge < -0.3 is 14.5 Å². The molecule has 1 aromatic heterocycles. The van der Waals surface area contributed by atoms with Gasteiger partial charge in [-0.1, -0.05) is 0 Å². The van der Waals surface area contributed by atoms with Crippen molar-refractivity contribution in [2.24, 2.45) is 0 Å². The predicted octanol–water partition coefficient (Wildman–Crippen LogP) is 1.84. The summed E-state index contributed by atoms with van der Waals surface area (Å²) in [5, 5.41) is 2.50. The second-order valence-corrected chi connectivity index (χ2v) is 5.26. The summed E-state index contributed by atoms with van der Waals surface area (Å²) in [5.74, 6) is -0.375. The van der Waals surface area contributed by atoms with Crippen LogP contribution < -0.4 is 4.90 Å². The lowest BCUT2D eigenvalue weighted by molar-refractivity contribution is -0.116. The van der Waals surface area contributed by atoms with E-state index in [0.717, 1.165) is 11.5 Å². The smallest absolute Gasteiger partial charge is 0.339 e. The van der Waals surface area contributed by atoms with E-state index < -0.39 is 0 Å². The Bertz CT molecular complexity index is 443. The van der Waals surface area contributed by atoms with Gasteiger partial charge in [0.1, 0.15) is 0 Å². The number of carbonyl (C=O) groups is 2. The van der Waals surface area contributed by atoms with Crippen molar-refractivity contribution in [1.29, 1.82) is 0 Å². The highest BCUT2D eigenvalue weighted by molar-refractivity contribution is 7.14. The SMILES string of the molecule is CCOC(=O)c1csc(N(CCN(C)C)C(C)=O)c1. The van der Waals surface area contributed by atoms with Gasteiger partial charge in [0.2, 0.25) is 5.91 Å². The summed E-state index contributed by atoms with van der Waals surface area (Å²) in [6, 6.07) is 1.71. The molecule has 0 spiro atoms. The van der Waals surface area contributed by atoms with E-state index in [0.29, 0.717) is 18.7 Å². The summed E-state index contributed by atoms with van der Waals surface area (Å²) < 4.78 is 4.94. The first-order valence-corrected chi connectivity index (χ1v) is 7.02. The molecule has 1 aromatic rings. The third kappa shape index (κ3) is 4.65. The number of thiophene rings is 1. The number of esters is 1. The lowest BCUT2D eigenvalue weighted by atomic mass is 10.3. The maximum atomic E-state index is 11.7. The van der Waals surface area contributed by atoms with Crippen LogP contribution in [0, 0.1) is 0 Å². The summed E-state index contributed by atoms with van der Waals surface area (Å²) in [5.41, 5.74) is 0.498. The highest BCUT2D eigenvalue weighted by Gasteiger charge is 2.16. The van der Waals surface area contributed by atoms with E-state index in [1.54, 1.807) is 23.3 Å². The van der Waals surface area contributed by atoms with Crippen molar-refractivity contribution >= 4 is 28.2 Å². The molecule has 1 rings (SSSR count). The molecular weight excluding hydrogens is 264 g/mol. The van der Waals surface area contributed by atoms with E-state index in [9.17, 15) is 9.59 Å². The Hall–Kier alpha value is -1.40. The third-order valence-corrected chi connectivity index (χ3v) is 3.47. The van der Waals surface area contributed by atoms with Crippen LogP contribution in [0.5, 0.6) is 0 Å². The average molecular weight is 284 g/mol. The summed E-state index contributed by atoms with van der Waals surface area (Å²) in [6.07, 6.45) is 0. The Morgan fingerprint density at radius 2 is 2.00 bits per heavy atom. The molecule has 1 heterocycles. The fourth-order valence-electron chi connectivity index (χ4n) is 1.51. The quantitative estimate of drug-likeness (QED) is 0.748. The summed E-state index contributed by atoms with van der Waals surface area (Å²) in [6.45, 7) is 5.02. The molecule has 5 nitrogen and oxygen atoms in total. The van der Waals surface area contributed by atoms with Crippen LogP contribution in [0.15, 0.2) is 11.4 Å². The number of anilines is 1. The Kier molecular flexibility index (Phi) is 5.98. The minimum absolute atomic E-state index is 0.0286. The van der Waals surface area contributed by atoms with E-state index in [-0.39, 0.29) is 11.9 Å². The molecule has 0 N–H and O–H groups in total. The number of rotatable bonds is 6. The number of nitrogens with zero attached hydrogens (tertiary/aromatic N) is 2. The third-order valence-electron chi connectivity index (χ3n) is 2.51. The second kappa shape index (κ2) is 7.25. The van der Waals surface area contributed by atoms with Crippen molar-refractivity contribution in [2.45, 2.75) is 13.8 Å². The van der Waals surface area contributed by atoms with Crippen LogP contribution in [-0.2, 0) is 9.53 Å². The van der Waals surface area contributed by atoms with Crippen LogP contribution in [0.3, 0.4) is 0 Å². The maximum absolute atomic E-state index is 11.7. The Balaban J connectivity index is 2.80. The topological polar surface area (TPSA) is 49.9 Å². The number of hydrogen-bond donors (Lipinski definition) is 0. The molecule has 0 saturated heterocycles. The summed E-state index contributed by atoms with van der Waals surface area (Å²) in [7, 11) is 3.91. The molecule has 6 heteroatoms. The normalized spacial score (nSPS) is 10.6. The first kappa shape index (κ1) is 15.7. The Labute approximate surface area is 117 Å². The lowest BCUT2D eigenvalue weighted by Gasteiger charge is -2.21. The van der Waals surface area contributed by atoms with Gasteiger partial charge in [0, 0.05) is 25.4 Å². The molecule has 0 aliphatic heterocycles. The van der Waals surface area contributed by atoms with Gasteiger partial charge in [-0.3, -0.25) is 4.79 Å². The van der Waals surface area contributed by atoms with Gasteiger partial charge in [-0.05, 0) is 27.1 Å². The first-order chi connectivity index (χ1) is 8.95. The van der Waals surface area contributed by atoms with Crippen molar-refractivity contribution < 1.29 is 14.3 Å². The predicted molar refractivity (Wildman–Crippen MR) is 76.9 cm³/mol. The number of amides is 1. The largest absolute Gasteiger partial charge is 0.462 e. The highest BCUT2D eigenvalue weighted by atomic mass is 32.1. The van der Waals surface area contributed by atoms with Crippen molar-refractivity contribution in [2.75, 3.05) is 38.7 Å². The Morgan fingerprint density at radius 1 is 1.32 bits per heavy atom. The molecule has 0 aliphatic carbocycles. The molecule has 0 aliphatic rings. The monoisotopic (exact) mass is 284 g/mol. The number of hydrogen-bond acceptors (Lipinski definition) is 5. The average Bonchev–Trinajstić information content (AvgIpc) is 2.78. The molecule has 19 heavy (non-hydrogen) atoms. The van der Waals surface area contributed by atoms with Gasteiger partial charge in [0.15, 0.2) is 0 Å². The van der Waals surface area contributed by atoms with Crippen LogP contribution >= 0.6 is 11.3 Å². The van der Waals surface area contributed by atoms with Crippen LogP contribution in [-0.4, -0.2) is 50.6 Å². The molecule has 106 valence electrons. The first-order valence-electron chi connectivity index (χ1n) is 6.14. The number of ether oxygens (including phenoxy) is 1. The molecule has 0 bridgehead atoms. The van der Waals surface area contributed by atoms with Crippen LogP contribution in [0.2, 0.25) is 0 Å². The molecule has 0 radical (unpaired) electrons. The van der Waals surface area contributed by atoms with E-state index in [2.05, 4.69) is 0 Å². The van der Waals surface area contributed by atoms with E-state index in [1.165, 1.54) is 18.3 Å². The van der Waals surface area contributed by atoms with Gasteiger partial charge >= 0.3 is 5.97 Å². The van der Waals surface area contributed by atoms with Gasteiger partial charge in [-0.15, -0.1) is 11.3 Å².